The molecule has 0 aliphatic heterocycles. The Labute approximate surface area is 93.5 Å². The maximum Gasteiger partial charge on any atom is 0.304 e. The van der Waals surface area contributed by atoms with Crippen molar-refractivity contribution in [3.05, 3.63) is 0 Å². The lowest BCUT2D eigenvalue weighted by Gasteiger charge is -2.23. The Kier molecular flexibility index (Phi) is 8.38. The predicted octanol–water partition coefficient (Wildman–Crippen LogP) is 2.61. The zero-order chi connectivity index (χ0) is 11.7. The highest BCUT2D eigenvalue weighted by atomic mass is 16.4. The lowest BCUT2D eigenvalue weighted by atomic mass is 10.2. The molecule has 1 N–H and O–H groups in total. The van der Waals surface area contributed by atoms with Gasteiger partial charge in [-0.15, -0.1) is 0 Å². The molecular formula is C12H25NO2. The average Bonchev–Trinajstić information content (AvgIpc) is 2.13. The van der Waals surface area contributed by atoms with Crippen molar-refractivity contribution >= 4 is 5.97 Å². The lowest BCUT2D eigenvalue weighted by Crippen LogP contribution is -2.31. The first-order valence-corrected chi connectivity index (χ1v) is 6.00. The summed E-state index contributed by atoms with van der Waals surface area (Å²) in [6.45, 7) is 9.28. The molecule has 90 valence electrons. The van der Waals surface area contributed by atoms with Gasteiger partial charge in [-0.05, 0) is 18.9 Å². The van der Waals surface area contributed by atoms with E-state index in [0.717, 1.165) is 13.1 Å². The van der Waals surface area contributed by atoms with Gasteiger partial charge in [0.2, 0.25) is 0 Å². The minimum absolute atomic E-state index is 0.263. The molecule has 0 aromatic carbocycles. The number of unbranched alkanes of at least 4 members (excludes halogenated alkanes) is 2. The molecule has 0 amide bonds. The van der Waals surface area contributed by atoms with Crippen molar-refractivity contribution in [2.24, 2.45) is 5.92 Å². The third-order valence-electron chi connectivity index (χ3n) is 2.34. The second-order valence-corrected chi connectivity index (χ2v) is 4.55. The molecule has 0 radical (unpaired) electrons. The van der Waals surface area contributed by atoms with E-state index in [-0.39, 0.29) is 6.42 Å². The summed E-state index contributed by atoms with van der Waals surface area (Å²) in [7, 11) is 0. The van der Waals surface area contributed by atoms with Crippen LogP contribution in [0.25, 0.3) is 0 Å². The molecule has 0 fully saturated rings. The molecule has 3 nitrogen and oxygen atoms in total. The molecule has 0 rings (SSSR count). The van der Waals surface area contributed by atoms with E-state index < -0.39 is 5.97 Å². The lowest BCUT2D eigenvalue weighted by molar-refractivity contribution is -0.137. The van der Waals surface area contributed by atoms with E-state index in [0.29, 0.717) is 12.5 Å². The predicted molar refractivity (Wildman–Crippen MR) is 63.1 cm³/mol. The molecule has 0 aromatic heterocycles. The minimum atomic E-state index is -0.695. The van der Waals surface area contributed by atoms with Crippen LogP contribution in [-0.2, 0) is 4.79 Å². The zero-order valence-corrected chi connectivity index (χ0v) is 10.3. The molecule has 3 heteroatoms. The molecule has 0 atom stereocenters. The van der Waals surface area contributed by atoms with Gasteiger partial charge in [-0.3, -0.25) is 4.79 Å². The summed E-state index contributed by atoms with van der Waals surface area (Å²) in [5.74, 6) is -0.0836. The van der Waals surface area contributed by atoms with Crippen LogP contribution in [0.3, 0.4) is 0 Å². The summed E-state index contributed by atoms with van der Waals surface area (Å²) >= 11 is 0. The molecule has 0 spiro atoms. The maximum absolute atomic E-state index is 10.5. The Hall–Kier alpha value is -0.570. The quantitative estimate of drug-likeness (QED) is 0.601. The largest absolute Gasteiger partial charge is 0.481 e. The van der Waals surface area contributed by atoms with Crippen molar-refractivity contribution < 1.29 is 9.90 Å². The van der Waals surface area contributed by atoms with Gasteiger partial charge >= 0.3 is 5.97 Å². The average molecular weight is 215 g/mol. The molecule has 0 aliphatic carbocycles. The van der Waals surface area contributed by atoms with Gasteiger partial charge < -0.3 is 10.0 Å². The molecule has 0 saturated heterocycles. The van der Waals surface area contributed by atoms with Crippen LogP contribution in [0.15, 0.2) is 0 Å². The van der Waals surface area contributed by atoms with Crippen LogP contribution in [0, 0.1) is 5.92 Å². The van der Waals surface area contributed by atoms with Crippen molar-refractivity contribution in [1.29, 1.82) is 0 Å². The molecular weight excluding hydrogens is 190 g/mol. The number of nitrogens with zero attached hydrogens (tertiary/aromatic N) is 1. The highest BCUT2D eigenvalue weighted by Gasteiger charge is 2.08. The van der Waals surface area contributed by atoms with E-state index in [9.17, 15) is 4.79 Å². The fourth-order valence-electron chi connectivity index (χ4n) is 1.65. The molecule has 0 saturated carbocycles. The van der Waals surface area contributed by atoms with Crippen molar-refractivity contribution in [2.75, 3.05) is 19.6 Å². The summed E-state index contributed by atoms with van der Waals surface area (Å²) in [4.78, 5) is 12.8. The summed E-state index contributed by atoms with van der Waals surface area (Å²) in [6, 6.07) is 0. The van der Waals surface area contributed by atoms with Crippen LogP contribution in [0.5, 0.6) is 0 Å². The Morgan fingerprint density at radius 2 is 1.93 bits per heavy atom. The second kappa shape index (κ2) is 8.72. The van der Waals surface area contributed by atoms with Gasteiger partial charge in [0.05, 0.1) is 6.42 Å². The third kappa shape index (κ3) is 9.73. The number of aliphatic carboxylic acids is 1. The molecule has 0 bridgehead atoms. The van der Waals surface area contributed by atoms with Gasteiger partial charge in [-0.25, -0.2) is 0 Å². The Balaban J connectivity index is 3.78. The van der Waals surface area contributed by atoms with Crippen LogP contribution in [0.1, 0.15) is 46.5 Å². The van der Waals surface area contributed by atoms with E-state index in [2.05, 4.69) is 25.7 Å². The van der Waals surface area contributed by atoms with Crippen molar-refractivity contribution in [2.45, 2.75) is 46.5 Å². The molecule has 15 heavy (non-hydrogen) atoms. The summed E-state index contributed by atoms with van der Waals surface area (Å²) in [6.07, 6.45) is 3.90. The van der Waals surface area contributed by atoms with Gasteiger partial charge in [0.1, 0.15) is 0 Å². The second-order valence-electron chi connectivity index (χ2n) is 4.55. The number of hydrogen-bond acceptors (Lipinski definition) is 2. The smallest absolute Gasteiger partial charge is 0.304 e. The van der Waals surface area contributed by atoms with Gasteiger partial charge in [-0.1, -0.05) is 33.6 Å². The van der Waals surface area contributed by atoms with Crippen LogP contribution in [0.4, 0.5) is 0 Å². The van der Waals surface area contributed by atoms with Crippen LogP contribution in [-0.4, -0.2) is 35.6 Å². The molecule has 0 heterocycles. The first-order chi connectivity index (χ1) is 7.06. The van der Waals surface area contributed by atoms with E-state index >= 15 is 0 Å². The van der Waals surface area contributed by atoms with Crippen molar-refractivity contribution in [3.63, 3.8) is 0 Å². The summed E-state index contributed by atoms with van der Waals surface area (Å²) < 4.78 is 0. The SMILES string of the molecule is CCCCCN(CCC(=O)O)CC(C)C. The zero-order valence-electron chi connectivity index (χ0n) is 10.3. The fourth-order valence-corrected chi connectivity index (χ4v) is 1.65. The standard InChI is InChI=1S/C12H25NO2/c1-4-5-6-8-13(10-11(2)3)9-7-12(14)15/h11H,4-10H2,1-3H3,(H,14,15). The number of rotatable bonds is 9. The topological polar surface area (TPSA) is 40.5 Å². The van der Waals surface area contributed by atoms with Gasteiger partial charge in [0, 0.05) is 13.1 Å². The Morgan fingerprint density at radius 1 is 1.27 bits per heavy atom. The van der Waals surface area contributed by atoms with Crippen molar-refractivity contribution in [1.82, 2.24) is 4.90 Å². The highest BCUT2D eigenvalue weighted by Crippen LogP contribution is 2.03. The van der Waals surface area contributed by atoms with Crippen molar-refractivity contribution in [3.8, 4) is 0 Å². The summed E-state index contributed by atoms with van der Waals surface area (Å²) in [5.41, 5.74) is 0. The van der Waals surface area contributed by atoms with E-state index in [1.54, 1.807) is 0 Å². The summed E-state index contributed by atoms with van der Waals surface area (Å²) in [5, 5.41) is 8.64. The van der Waals surface area contributed by atoms with Crippen LogP contribution < -0.4 is 0 Å². The number of carboxylic acids is 1. The molecule has 0 aromatic rings. The molecule has 0 unspecified atom stereocenters. The first-order valence-electron chi connectivity index (χ1n) is 6.00. The number of hydrogen-bond donors (Lipinski definition) is 1. The number of carboxylic acid groups (broad SMARTS) is 1. The minimum Gasteiger partial charge on any atom is -0.481 e. The normalized spacial score (nSPS) is 11.3. The highest BCUT2D eigenvalue weighted by molar-refractivity contribution is 5.66. The van der Waals surface area contributed by atoms with Gasteiger partial charge in [-0.2, -0.15) is 0 Å². The van der Waals surface area contributed by atoms with Crippen LogP contribution >= 0.6 is 0 Å². The van der Waals surface area contributed by atoms with Crippen LogP contribution in [0.2, 0.25) is 0 Å². The monoisotopic (exact) mass is 215 g/mol. The van der Waals surface area contributed by atoms with Gasteiger partial charge in [0.15, 0.2) is 0 Å². The molecule has 0 aliphatic rings. The van der Waals surface area contributed by atoms with Gasteiger partial charge in [0.25, 0.3) is 0 Å². The Morgan fingerprint density at radius 3 is 2.40 bits per heavy atom. The third-order valence-corrected chi connectivity index (χ3v) is 2.34. The van der Waals surface area contributed by atoms with E-state index in [1.807, 2.05) is 0 Å². The maximum atomic E-state index is 10.5. The fraction of sp³-hybridized carbons (Fsp3) is 0.917. The van der Waals surface area contributed by atoms with E-state index in [4.69, 9.17) is 5.11 Å². The Bertz CT molecular complexity index is 169. The first kappa shape index (κ1) is 14.4. The van der Waals surface area contributed by atoms with E-state index in [1.165, 1.54) is 19.3 Å². The number of carbonyl (C=O) groups is 1.